The topological polar surface area (TPSA) is 58.6 Å². The van der Waals surface area contributed by atoms with Gasteiger partial charge in [-0.25, -0.2) is 0 Å². The van der Waals surface area contributed by atoms with Gasteiger partial charge in [0.05, 0.1) is 7.11 Å². The summed E-state index contributed by atoms with van der Waals surface area (Å²) in [5.41, 5.74) is 5.04. The number of ketones is 1. The fourth-order valence-corrected chi connectivity index (χ4v) is 6.12. The van der Waals surface area contributed by atoms with E-state index in [0.717, 1.165) is 46.4 Å². The van der Waals surface area contributed by atoms with Crippen molar-refractivity contribution in [3.8, 4) is 0 Å². The Bertz CT molecular complexity index is 1370. The molecule has 1 heterocycles. The fraction of sp³-hybridized carbons (Fsp3) is 0.355. The quantitative estimate of drug-likeness (QED) is 0.433. The molecule has 0 unspecified atom stereocenters. The Morgan fingerprint density at radius 1 is 1.03 bits per heavy atom. The van der Waals surface area contributed by atoms with Crippen molar-refractivity contribution in [1.82, 2.24) is 0 Å². The minimum atomic E-state index is -0.554. The van der Waals surface area contributed by atoms with Gasteiger partial charge >= 0.3 is 5.97 Å². The normalized spacial score (nSPS) is 20.4. The molecular weight excluding hydrogens is 448 g/mol. The van der Waals surface area contributed by atoms with Gasteiger partial charge in [0, 0.05) is 48.1 Å². The Kier molecular flexibility index (Phi) is 6.11. The van der Waals surface area contributed by atoms with E-state index < -0.39 is 11.3 Å². The molecule has 5 nitrogen and oxygen atoms in total. The van der Waals surface area contributed by atoms with Crippen molar-refractivity contribution in [2.75, 3.05) is 30.4 Å². The fourth-order valence-electron chi connectivity index (χ4n) is 6.12. The summed E-state index contributed by atoms with van der Waals surface area (Å²) in [6.07, 6.45) is 0.293. The number of benzene rings is 3. The molecule has 1 aliphatic heterocycles. The van der Waals surface area contributed by atoms with Gasteiger partial charge in [0.25, 0.3) is 0 Å². The summed E-state index contributed by atoms with van der Waals surface area (Å²) < 4.78 is 5.25. The number of esters is 1. The number of hydrogen-bond donors (Lipinski definition) is 1. The van der Waals surface area contributed by atoms with Crippen molar-refractivity contribution in [3.63, 3.8) is 0 Å². The van der Waals surface area contributed by atoms with Crippen LogP contribution in [0.1, 0.15) is 51.2 Å². The molecule has 0 bridgehead atoms. The first-order valence-corrected chi connectivity index (χ1v) is 12.8. The molecule has 2 atom stereocenters. The van der Waals surface area contributed by atoms with Gasteiger partial charge in [-0.05, 0) is 59.4 Å². The summed E-state index contributed by atoms with van der Waals surface area (Å²) in [5.74, 6) is -1.05. The summed E-state index contributed by atoms with van der Waals surface area (Å²) in [5, 5.41) is 5.78. The first-order valence-electron chi connectivity index (χ1n) is 12.8. The summed E-state index contributed by atoms with van der Waals surface area (Å²) in [6.45, 7) is 10.1. The molecule has 0 saturated carbocycles. The second-order valence-corrected chi connectivity index (χ2v) is 10.4. The number of anilines is 2. The summed E-state index contributed by atoms with van der Waals surface area (Å²) in [6, 6.07) is 21.0. The van der Waals surface area contributed by atoms with E-state index in [1.807, 2.05) is 26.0 Å². The molecule has 0 spiro atoms. The lowest BCUT2D eigenvalue weighted by atomic mass is 9.63. The highest BCUT2D eigenvalue weighted by Gasteiger charge is 2.50. The van der Waals surface area contributed by atoms with Crippen LogP contribution >= 0.6 is 0 Å². The number of rotatable bonds is 5. The van der Waals surface area contributed by atoms with Crippen molar-refractivity contribution in [2.24, 2.45) is 11.3 Å². The van der Waals surface area contributed by atoms with Gasteiger partial charge in [-0.15, -0.1) is 0 Å². The van der Waals surface area contributed by atoms with Gasteiger partial charge in [-0.2, -0.15) is 0 Å². The Labute approximate surface area is 213 Å². The van der Waals surface area contributed by atoms with Crippen LogP contribution < -0.4 is 10.2 Å². The number of carbonyl (C=O) groups excluding carboxylic acids is 2. The van der Waals surface area contributed by atoms with E-state index in [9.17, 15) is 9.59 Å². The number of nitrogens with one attached hydrogen (secondary N) is 1. The number of ether oxygens (including phenoxy) is 1. The molecule has 3 aromatic rings. The highest BCUT2D eigenvalue weighted by molar-refractivity contribution is 6.06. The predicted octanol–water partition coefficient (Wildman–Crippen LogP) is 6.29. The van der Waals surface area contributed by atoms with Crippen molar-refractivity contribution in [3.05, 3.63) is 83.1 Å². The standard InChI is InChI=1S/C31H34N2O3/c1-6-33(7-2)21-15-12-20(13-16-21)25-26-22-11-9-8-10-19(22)14-17-23(26)32-29-27(25)24(34)18-31(3,4)28(29)30(35)36-5/h8-17,25,28,32H,6-7,18H2,1-5H3/t25-,28-/m0/s1. The number of hydrogen-bond acceptors (Lipinski definition) is 5. The van der Waals surface area contributed by atoms with Gasteiger partial charge in [0.15, 0.2) is 5.78 Å². The molecule has 0 aromatic heterocycles. The zero-order valence-corrected chi connectivity index (χ0v) is 21.7. The lowest BCUT2D eigenvalue weighted by Gasteiger charge is -2.44. The summed E-state index contributed by atoms with van der Waals surface area (Å²) in [4.78, 5) is 29.2. The first kappa shape index (κ1) is 24.1. The van der Waals surface area contributed by atoms with Crippen LogP contribution in [-0.4, -0.2) is 32.0 Å². The zero-order chi connectivity index (χ0) is 25.6. The lowest BCUT2D eigenvalue weighted by molar-refractivity contribution is -0.148. The highest BCUT2D eigenvalue weighted by atomic mass is 16.5. The van der Waals surface area contributed by atoms with Crippen LogP contribution in [0.25, 0.3) is 10.8 Å². The van der Waals surface area contributed by atoms with Crippen LogP contribution in [-0.2, 0) is 14.3 Å². The first-order chi connectivity index (χ1) is 17.3. The molecule has 1 N–H and O–H groups in total. The molecule has 2 aliphatic rings. The lowest BCUT2D eigenvalue weighted by Crippen LogP contribution is -2.44. The average molecular weight is 483 g/mol. The number of nitrogens with zero attached hydrogens (tertiary/aromatic N) is 1. The number of methoxy groups -OCH3 is 1. The van der Waals surface area contributed by atoms with Gasteiger partial charge in [0.2, 0.25) is 0 Å². The largest absolute Gasteiger partial charge is 0.468 e. The van der Waals surface area contributed by atoms with Crippen molar-refractivity contribution >= 4 is 33.9 Å². The third-order valence-electron chi connectivity index (χ3n) is 7.89. The van der Waals surface area contributed by atoms with Crippen LogP contribution in [0.15, 0.2) is 71.9 Å². The molecule has 0 fully saturated rings. The molecular formula is C31H34N2O3. The third kappa shape index (κ3) is 3.78. The van der Waals surface area contributed by atoms with E-state index in [4.69, 9.17) is 4.74 Å². The van der Waals surface area contributed by atoms with E-state index in [-0.39, 0.29) is 17.7 Å². The minimum Gasteiger partial charge on any atom is -0.468 e. The number of allylic oxidation sites excluding steroid dienone is 1. The second kappa shape index (κ2) is 9.12. The summed E-state index contributed by atoms with van der Waals surface area (Å²) >= 11 is 0. The number of carbonyl (C=O) groups is 2. The van der Waals surface area contributed by atoms with Crippen molar-refractivity contribution in [1.29, 1.82) is 0 Å². The predicted molar refractivity (Wildman–Crippen MR) is 145 cm³/mol. The molecule has 0 saturated heterocycles. The van der Waals surface area contributed by atoms with Gasteiger partial charge < -0.3 is 15.0 Å². The minimum absolute atomic E-state index is 0.0825. The van der Waals surface area contributed by atoms with Crippen molar-refractivity contribution in [2.45, 2.75) is 40.0 Å². The van der Waals surface area contributed by atoms with Gasteiger partial charge in [-0.1, -0.05) is 56.3 Å². The van der Waals surface area contributed by atoms with Gasteiger partial charge in [0.1, 0.15) is 5.92 Å². The highest BCUT2D eigenvalue weighted by Crippen LogP contribution is 2.53. The monoisotopic (exact) mass is 482 g/mol. The maximum absolute atomic E-state index is 13.8. The molecule has 5 heteroatoms. The van der Waals surface area contributed by atoms with Crippen LogP contribution in [0, 0.1) is 11.3 Å². The molecule has 3 aromatic carbocycles. The Hall–Kier alpha value is -3.60. The molecule has 5 rings (SSSR count). The smallest absolute Gasteiger partial charge is 0.315 e. The molecule has 1 aliphatic carbocycles. The van der Waals surface area contributed by atoms with Crippen molar-refractivity contribution < 1.29 is 14.3 Å². The van der Waals surface area contributed by atoms with E-state index in [1.54, 1.807) is 0 Å². The second-order valence-electron chi connectivity index (χ2n) is 10.4. The molecule has 0 radical (unpaired) electrons. The molecule has 0 amide bonds. The Balaban J connectivity index is 1.77. The number of fused-ring (bicyclic) bond motifs is 3. The van der Waals surface area contributed by atoms with E-state index in [0.29, 0.717) is 17.7 Å². The molecule has 186 valence electrons. The Morgan fingerprint density at radius 2 is 1.72 bits per heavy atom. The van der Waals surface area contributed by atoms with E-state index in [2.05, 4.69) is 72.6 Å². The SMILES string of the molecule is CCN(CC)c1ccc([C@@H]2C3=C(Nc4ccc5ccccc5c42)[C@@H](C(=O)OC)C(C)(C)CC3=O)cc1. The van der Waals surface area contributed by atoms with Crippen LogP contribution in [0.5, 0.6) is 0 Å². The van der Waals surface area contributed by atoms with Crippen LogP contribution in [0.3, 0.4) is 0 Å². The van der Waals surface area contributed by atoms with Gasteiger partial charge in [-0.3, -0.25) is 9.59 Å². The summed E-state index contributed by atoms with van der Waals surface area (Å²) in [7, 11) is 1.42. The maximum Gasteiger partial charge on any atom is 0.315 e. The van der Waals surface area contributed by atoms with Crippen LogP contribution in [0.4, 0.5) is 11.4 Å². The van der Waals surface area contributed by atoms with Crippen LogP contribution in [0.2, 0.25) is 0 Å². The van der Waals surface area contributed by atoms with E-state index in [1.165, 1.54) is 7.11 Å². The third-order valence-corrected chi connectivity index (χ3v) is 7.89. The average Bonchev–Trinajstić information content (AvgIpc) is 2.87. The molecule has 36 heavy (non-hydrogen) atoms. The maximum atomic E-state index is 13.8. The Morgan fingerprint density at radius 3 is 2.39 bits per heavy atom. The zero-order valence-electron chi connectivity index (χ0n) is 21.7. The number of Topliss-reactive ketones (excluding diaryl/α,β-unsaturated/α-hetero) is 1. The van der Waals surface area contributed by atoms with E-state index >= 15 is 0 Å².